The molecule has 3 heteroatoms. The number of hydrogen-bond acceptors (Lipinski definition) is 3. The van der Waals surface area contributed by atoms with Gasteiger partial charge >= 0.3 is 0 Å². The Morgan fingerprint density at radius 3 is 2.78 bits per heavy atom. The molecule has 1 heterocycles. The Morgan fingerprint density at radius 2 is 2.17 bits per heavy atom. The Balaban J connectivity index is 1.83. The highest BCUT2D eigenvalue weighted by atomic mass is 16.5. The molecule has 0 spiro atoms. The van der Waals surface area contributed by atoms with Crippen molar-refractivity contribution in [3.63, 3.8) is 0 Å². The SMILES string of the molecule is COCCC1(CN2CCCNC(C(C)C)C2)CC1. The van der Waals surface area contributed by atoms with Crippen molar-refractivity contribution in [1.82, 2.24) is 10.2 Å². The topological polar surface area (TPSA) is 24.5 Å². The Kier molecular flexibility index (Phi) is 5.05. The van der Waals surface area contributed by atoms with Crippen LogP contribution in [0.2, 0.25) is 0 Å². The molecule has 2 rings (SSSR count). The van der Waals surface area contributed by atoms with Crippen LogP contribution < -0.4 is 5.32 Å². The van der Waals surface area contributed by atoms with Crippen LogP contribution in [0.1, 0.15) is 39.5 Å². The molecule has 1 N–H and O–H groups in total. The van der Waals surface area contributed by atoms with Gasteiger partial charge in [-0.2, -0.15) is 0 Å². The van der Waals surface area contributed by atoms with Crippen molar-refractivity contribution in [2.75, 3.05) is 39.9 Å². The van der Waals surface area contributed by atoms with Crippen molar-refractivity contribution >= 4 is 0 Å². The summed E-state index contributed by atoms with van der Waals surface area (Å²) in [6.45, 7) is 10.6. The summed E-state index contributed by atoms with van der Waals surface area (Å²) in [4.78, 5) is 2.70. The molecule has 0 aromatic heterocycles. The summed E-state index contributed by atoms with van der Waals surface area (Å²) in [6, 6.07) is 0.672. The maximum atomic E-state index is 5.26. The van der Waals surface area contributed by atoms with Gasteiger partial charge in [0.1, 0.15) is 0 Å². The van der Waals surface area contributed by atoms with E-state index in [1.807, 2.05) is 7.11 Å². The molecule has 0 bridgehead atoms. The minimum atomic E-state index is 0.599. The smallest absolute Gasteiger partial charge is 0.0468 e. The zero-order chi connectivity index (χ0) is 13.0. The van der Waals surface area contributed by atoms with Crippen LogP contribution in [0, 0.1) is 11.3 Å². The number of hydrogen-bond donors (Lipinski definition) is 1. The minimum absolute atomic E-state index is 0.599. The van der Waals surface area contributed by atoms with E-state index in [1.165, 1.54) is 51.9 Å². The quantitative estimate of drug-likeness (QED) is 0.786. The number of nitrogens with one attached hydrogen (secondary N) is 1. The largest absolute Gasteiger partial charge is 0.385 e. The van der Waals surface area contributed by atoms with Gasteiger partial charge < -0.3 is 15.0 Å². The molecule has 0 radical (unpaired) electrons. The molecule has 1 aliphatic carbocycles. The lowest BCUT2D eigenvalue weighted by molar-refractivity contribution is 0.143. The molecule has 0 aromatic carbocycles. The van der Waals surface area contributed by atoms with Crippen LogP contribution in [0.3, 0.4) is 0 Å². The zero-order valence-corrected chi connectivity index (χ0v) is 12.4. The van der Waals surface area contributed by atoms with Gasteiger partial charge in [0.25, 0.3) is 0 Å². The molecular weight excluding hydrogens is 224 g/mol. The average Bonchev–Trinajstić information content (AvgIpc) is 3.12. The van der Waals surface area contributed by atoms with Crippen LogP contribution in [-0.2, 0) is 4.74 Å². The minimum Gasteiger partial charge on any atom is -0.385 e. The Labute approximate surface area is 112 Å². The second-order valence-corrected chi connectivity index (χ2v) is 6.64. The van der Waals surface area contributed by atoms with Gasteiger partial charge in [-0.15, -0.1) is 0 Å². The van der Waals surface area contributed by atoms with Gasteiger partial charge in [0.2, 0.25) is 0 Å². The summed E-state index contributed by atoms with van der Waals surface area (Å²) < 4.78 is 5.26. The number of methoxy groups -OCH3 is 1. The summed E-state index contributed by atoms with van der Waals surface area (Å²) in [5.74, 6) is 0.736. The molecule has 1 saturated carbocycles. The van der Waals surface area contributed by atoms with Gasteiger partial charge in [0.05, 0.1) is 0 Å². The van der Waals surface area contributed by atoms with Crippen LogP contribution in [0.5, 0.6) is 0 Å². The summed E-state index contributed by atoms with van der Waals surface area (Å²) in [5, 5.41) is 3.69. The summed E-state index contributed by atoms with van der Waals surface area (Å²) in [7, 11) is 1.82. The molecular formula is C15H30N2O. The van der Waals surface area contributed by atoms with Crippen molar-refractivity contribution in [3.8, 4) is 0 Å². The number of ether oxygens (including phenoxy) is 1. The highest BCUT2D eigenvalue weighted by Gasteiger charge is 2.43. The van der Waals surface area contributed by atoms with Crippen LogP contribution in [0.4, 0.5) is 0 Å². The zero-order valence-electron chi connectivity index (χ0n) is 12.4. The standard InChI is InChI=1S/C15H30N2O/c1-13(2)14-11-17(9-4-8-16-14)12-15(5-6-15)7-10-18-3/h13-14,16H,4-12H2,1-3H3. The third-order valence-corrected chi connectivity index (χ3v) is 4.67. The Morgan fingerprint density at radius 1 is 1.39 bits per heavy atom. The first-order chi connectivity index (χ1) is 8.65. The summed E-state index contributed by atoms with van der Waals surface area (Å²) in [5.41, 5.74) is 0.599. The first kappa shape index (κ1) is 14.3. The van der Waals surface area contributed by atoms with Gasteiger partial charge in [-0.3, -0.25) is 0 Å². The van der Waals surface area contributed by atoms with Gasteiger partial charge in [-0.25, -0.2) is 0 Å². The van der Waals surface area contributed by atoms with Crippen LogP contribution in [0.25, 0.3) is 0 Å². The van der Waals surface area contributed by atoms with E-state index in [-0.39, 0.29) is 0 Å². The van der Waals surface area contributed by atoms with Crippen LogP contribution >= 0.6 is 0 Å². The second kappa shape index (κ2) is 6.36. The molecule has 2 aliphatic rings. The van der Waals surface area contributed by atoms with Gasteiger partial charge in [0.15, 0.2) is 0 Å². The van der Waals surface area contributed by atoms with Crippen LogP contribution in [0.15, 0.2) is 0 Å². The fraction of sp³-hybridized carbons (Fsp3) is 1.00. The molecule has 0 aromatic rings. The van der Waals surface area contributed by atoms with E-state index in [0.717, 1.165) is 12.5 Å². The monoisotopic (exact) mass is 254 g/mol. The lowest BCUT2D eigenvalue weighted by Crippen LogP contribution is -2.43. The van der Waals surface area contributed by atoms with Gasteiger partial charge in [-0.05, 0) is 50.1 Å². The molecule has 1 saturated heterocycles. The molecule has 1 aliphatic heterocycles. The first-order valence-corrected chi connectivity index (χ1v) is 7.60. The number of nitrogens with zero attached hydrogens (tertiary/aromatic N) is 1. The molecule has 106 valence electrons. The first-order valence-electron chi connectivity index (χ1n) is 7.60. The molecule has 1 atom stereocenters. The van der Waals surface area contributed by atoms with E-state index in [9.17, 15) is 0 Å². The predicted molar refractivity (Wildman–Crippen MR) is 75.8 cm³/mol. The van der Waals surface area contributed by atoms with E-state index in [1.54, 1.807) is 0 Å². The van der Waals surface area contributed by atoms with Crippen molar-refractivity contribution < 1.29 is 4.74 Å². The maximum Gasteiger partial charge on any atom is 0.0468 e. The molecule has 2 fully saturated rings. The Hall–Kier alpha value is -0.120. The van der Waals surface area contributed by atoms with Gasteiger partial charge in [0, 0.05) is 32.8 Å². The lowest BCUT2D eigenvalue weighted by atomic mass is 10.0. The van der Waals surface area contributed by atoms with Crippen molar-refractivity contribution in [1.29, 1.82) is 0 Å². The fourth-order valence-electron chi connectivity index (χ4n) is 3.07. The molecule has 1 unspecified atom stereocenters. The third-order valence-electron chi connectivity index (χ3n) is 4.67. The van der Waals surface area contributed by atoms with Crippen molar-refractivity contribution in [2.24, 2.45) is 11.3 Å². The van der Waals surface area contributed by atoms with E-state index in [4.69, 9.17) is 4.74 Å². The van der Waals surface area contributed by atoms with E-state index < -0.39 is 0 Å². The second-order valence-electron chi connectivity index (χ2n) is 6.64. The highest BCUT2D eigenvalue weighted by Crippen LogP contribution is 2.49. The fourth-order valence-corrected chi connectivity index (χ4v) is 3.07. The Bertz CT molecular complexity index is 251. The van der Waals surface area contributed by atoms with Gasteiger partial charge in [-0.1, -0.05) is 13.8 Å². The average molecular weight is 254 g/mol. The lowest BCUT2D eigenvalue weighted by Gasteiger charge is -2.30. The molecule has 3 nitrogen and oxygen atoms in total. The van der Waals surface area contributed by atoms with Crippen LogP contribution in [-0.4, -0.2) is 50.8 Å². The normalized spacial score (nSPS) is 28.3. The summed E-state index contributed by atoms with van der Waals surface area (Å²) in [6.07, 6.45) is 5.36. The summed E-state index contributed by atoms with van der Waals surface area (Å²) >= 11 is 0. The third kappa shape index (κ3) is 3.94. The van der Waals surface area contributed by atoms with E-state index in [0.29, 0.717) is 11.5 Å². The van der Waals surface area contributed by atoms with Crippen molar-refractivity contribution in [3.05, 3.63) is 0 Å². The highest BCUT2D eigenvalue weighted by molar-refractivity contribution is 4.96. The predicted octanol–water partition coefficient (Wildman–Crippen LogP) is 2.12. The van der Waals surface area contributed by atoms with E-state index >= 15 is 0 Å². The van der Waals surface area contributed by atoms with Crippen molar-refractivity contribution in [2.45, 2.75) is 45.6 Å². The van der Waals surface area contributed by atoms with E-state index in [2.05, 4.69) is 24.1 Å². The number of rotatable bonds is 6. The maximum absolute atomic E-state index is 5.26. The molecule has 18 heavy (non-hydrogen) atoms. The molecule has 0 amide bonds.